The SMILES string of the molecule is CCc1ccc(N(C)c2ccc(C=O)cc2C#N)cc1. The summed E-state index contributed by atoms with van der Waals surface area (Å²) in [4.78, 5) is 12.7. The van der Waals surface area contributed by atoms with Crippen molar-refractivity contribution in [3.63, 3.8) is 0 Å². The number of carbonyl (C=O) groups excluding carboxylic acids is 1. The van der Waals surface area contributed by atoms with E-state index in [4.69, 9.17) is 0 Å². The highest BCUT2D eigenvalue weighted by Gasteiger charge is 2.10. The molecule has 0 fully saturated rings. The van der Waals surface area contributed by atoms with Crippen LogP contribution in [0.2, 0.25) is 0 Å². The van der Waals surface area contributed by atoms with Crippen molar-refractivity contribution in [3.05, 3.63) is 59.2 Å². The molecule has 3 nitrogen and oxygen atoms in total. The van der Waals surface area contributed by atoms with Crippen molar-refractivity contribution < 1.29 is 4.79 Å². The number of benzene rings is 2. The molecule has 0 saturated carbocycles. The minimum Gasteiger partial charge on any atom is -0.344 e. The van der Waals surface area contributed by atoms with Gasteiger partial charge in [0.2, 0.25) is 0 Å². The molecule has 100 valence electrons. The first-order chi connectivity index (χ1) is 9.69. The zero-order chi connectivity index (χ0) is 14.5. The number of aldehydes is 1. The molecule has 0 N–H and O–H groups in total. The Labute approximate surface area is 119 Å². The van der Waals surface area contributed by atoms with Crippen molar-refractivity contribution in [1.82, 2.24) is 0 Å². The average molecular weight is 264 g/mol. The van der Waals surface area contributed by atoms with Crippen LogP contribution in [-0.2, 0) is 6.42 Å². The Hall–Kier alpha value is -2.60. The first-order valence-electron chi connectivity index (χ1n) is 6.51. The molecule has 0 aliphatic heterocycles. The Bertz CT molecular complexity index is 654. The van der Waals surface area contributed by atoms with E-state index in [1.807, 2.05) is 24.1 Å². The highest BCUT2D eigenvalue weighted by molar-refractivity contribution is 5.79. The van der Waals surface area contributed by atoms with Crippen molar-refractivity contribution in [2.75, 3.05) is 11.9 Å². The number of nitriles is 1. The van der Waals surface area contributed by atoms with E-state index in [1.54, 1.807) is 18.2 Å². The van der Waals surface area contributed by atoms with Crippen molar-refractivity contribution in [2.24, 2.45) is 0 Å². The Kier molecular flexibility index (Phi) is 4.17. The van der Waals surface area contributed by atoms with Gasteiger partial charge in [0.15, 0.2) is 0 Å². The first-order valence-corrected chi connectivity index (χ1v) is 6.51. The highest BCUT2D eigenvalue weighted by atomic mass is 16.1. The second kappa shape index (κ2) is 6.03. The largest absolute Gasteiger partial charge is 0.344 e. The topological polar surface area (TPSA) is 44.1 Å². The lowest BCUT2D eigenvalue weighted by atomic mass is 10.1. The van der Waals surface area contributed by atoms with E-state index >= 15 is 0 Å². The molecule has 0 amide bonds. The molecule has 0 saturated heterocycles. The standard InChI is InChI=1S/C17H16N2O/c1-3-13-4-7-16(8-5-13)19(2)17-9-6-14(12-20)10-15(17)11-18/h4-10,12H,3H2,1-2H3. The van der Waals surface area contributed by atoms with E-state index in [1.165, 1.54) is 5.56 Å². The van der Waals surface area contributed by atoms with Gasteiger partial charge in [0, 0.05) is 18.3 Å². The molecule has 2 aromatic carbocycles. The van der Waals surface area contributed by atoms with Gasteiger partial charge in [-0.25, -0.2) is 0 Å². The van der Waals surface area contributed by atoms with Crippen molar-refractivity contribution in [2.45, 2.75) is 13.3 Å². The van der Waals surface area contributed by atoms with Gasteiger partial charge in [0.05, 0.1) is 11.3 Å². The molecule has 0 spiro atoms. The predicted octanol–water partition coefficient (Wildman–Crippen LogP) is 3.70. The smallest absolute Gasteiger partial charge is 0.150 e. The van der Waals surface area contributed by atoms with Crippen LogP contribution < -0.4 is 4.90 Å². The van der Waals surface area contributed by atoms with Gasteiger partial charge in [0.1, 0.15) is 12.4 Å². The third-order valence-electron chi connectivity index (χ3n) is 3.37. The summed E-state index contributed by atoms with van der Waals surface area (Å²) in [5.41, 5.74) is 4.09. The summed E-state index contributed by atoms with van der Waals surface area (Å²) in [6, 6.07) is 15.5. The number of hydrogen-bond acceptors (Lipinski definition) is 3. The second-order valence-electron chi connectivity index (χ2n) is 4.59. The summed E-state index contributed by atoms with van der Waals surface area (Å²) < 4.78 is 0. The zero-order valence-electron chi connectivity index (χ0n) is 11.6. The summed E-state index contributed by atoms with van der Waals surface area (Å²) >= 11 is 0. The molecule has 0 aliphatic carbocycles. The lowest BCUT2D eigenvalue weighted by Crippen LogP contribution is -2.11. The van der Waals surface area contributed by atoms with Crippen molar-refractivity contribution in [1.29, 1.82) is 5.26 Å². The van der Waals surface area contributed by atoms with Gasteiger partial charge in [-0.05, 0) is 42.3 Å². The molecule has 0 bridgehead atoms. The van der Waals surface area contributed by atoms with Gasteiger partial charge in [0.25, 0.3) is 0 Å². The fraction of sp³-hybridized carbons (Fsp3) is 0.176. The molecule has 0 heterocycles. The summed E-state index contributed by atoms with van der Waals surface area (Å²) in [5.74, 6) is 0. The van der Waals surface area contributed by atoms with Crippen LogP contribution >= 0.6 is 0 Å². The lowest BCUT2D eigenvalue weighted by Gasteiger charge is -2.21. The van der Waals surface area contributed by atoms with E-state index in [0.717, 1.165) is 24.1 Å². The quantitative estimate of drug-likeness (QED) is 0.791. The fourth-order valence-electron chi connectivity index (χ4n) is 2.10. The lowest BCUT2D eigenvalue weighted by molar-refractivity contribution is 0.112. The van der Waals surface area contributed by atoms with Crippen LogP contribution in [0.15, 0.2) is 42.5 Å². The number of carbonyl (C=O) groups is 1. The van der Waals surface area contributed by atoms with Gasteiger partial charge in [-0.3, -0.25) is 4.79 Å². The number of rotatable bonds is 4. The third kappa shape index (κ3) is 2.70. The maximum atomic E-state index is 10.8. The van der Waals surface area contributed by atoms with Gasteiger partial charge in [-0.2, -0.15) is 5.26 Å². The van der Waals surface area contributed by atoms with Gasteiger partial charge < -0.3 is 4.90 Å². The van der Waals surface area contributed by atoms with Crippen LogP contribution in [0.25, 0.3) is 0 Å². The predicted molar refractivity (Wildman–Crippen MR) is 80.4 cm³/mol. The Morgan fingerprint density at radius 2 is 1.90 bits per heavy atom. The Balaban J connectivity index is 2.39. The first kappa shape index (κ1) is 13.8. The molecule has 3 heteroatoms. The van der Waals surface area contributed by atoms with E-state index < -0.39 is 0 Å². The molecule has 0 radical (unpaired) electrons. The number of nitrogens with zero attached hydrogens (tertiary/aromatic N) is 2. The second-order valence-corrected chi connectivity index (χ2v) is 4.59. The summed E-state index contributed by atoms with van der Waals surface area (Å²) in [6.45, 7) is 2.12. The van der Waals surface area contributed by atoms with Crippen LogP contribution in [0.3, 0.4) is 0 Å². The highest BCUT2D eigenvalue weighted by Crippen LogP contribution is 2.27. The molecule has 0 atom stereocenters. The third-order valence-corrected chi connectivity index (χ3v) is 3.37. The van der Waals surface area contributed by atoms with Gasteiger partial charge in [-0.15, -0.1) is 0 Å². The summed E-state index contributed by atoms with van der Waals surface area (Å²) in [5, 5.41) is 9.22. The average Bonchev–Trinajstić information content (AvgIpc) is 2.53. The Morgan fingerprint density at radius 1 is 1.20 bits per heavy atom. The van der Waals surface area contributed by atoms with Gasteiger partial charge >= 0.3 is 0 Å². The van der Waals surface area contributed by atoms with Crippen molar-refractivity contribution >= 4 is 17.7 Å². The molecule has 2 aromatic rings. The van der Waals surface area contributed by atoms with Crippen LogP contribution in [0.5, 0.6) is 0 Å². The molecular formula is C17H16N2O. The van der Waals surface area contributed by atoms with Crippen molar-refractivity contribution in [3.8, 4) is 6.07 Å². The van der Waals surface area contributed by atoms with E-state index in [-0.39, 0.29) is 0 Å². The van der Waals surface area contributed by atoms with Crippen LogP contribution in [0.1, 0.15) is 28.4 Å². The molecular weight excluding hydrogens is 248 g/mol. The van der Waals surface area contributed by atoms with E-state index in [9.17, 15) is 10.1 Å². The summed E-state index contributed by atoms with van der Waals surface area (Å²) in [6.07, 6.45) is 1.75. The minimum absolute atomic E-state index is 0.497. The molecule has 20 heavy (non-hydrogen) atoms. The molecule has 0 unspecified atom stereocenters. The minimum atomic E-state index is 0.497. The number of anilines is 2. The summed E-state index contributed by atoms with van der Waals surface area (Å²) in [7, 11) is 1.91. The number of hydrogen-bond donors (Lipinski definition) is 0. The number of aryl methyl sites for hydroxylation is 1. The molecule has 0 aromatic heterocycles. The Morgan fingerprint density at radius 3 is 2.45 bits per heavy atom. The molecule has 0 aliphatic rings. The monoisotopic (exact) mass is 264 g/mol. The van der Waals surface area contributed by atoms with Crippen LogP contribution in [0.4, 0.5) is 11.4 Å². The normalized spacial score (nSPS) is 9.85. The van der Waals surface area contributed by atoms with Gasteiger partial charge in [-0.1, -0.05) is 19.1 Å². The van der Waals surface area contributed by atoms with E-state index in [0.29, 0.717) is 11.1 Å². The van der Waals surface area contributed by atoms with Crippen LogP contribution in [0, 0.1) is 11.3 Å². The molecule has 2 rings (SSSR count). The maximum absolute atomic E-state index is 10.8. The fourth-order valence-corrected chi connectivity index (χ4v) is 2.10. The van der Waals surface area contributed by atoms with E-state index in [2.05, 4.69) is 25.1 Å². The zero-order valence-corrected chi connectivity index (χ0v) is 11.6. The maximum Gasteiger partial charge on any atom is 0.150 e. The van der Waals surface area contributed by atoms with Crippen LogP contribution in [-0.4, -0.2) is 13.3 Å².